The Morgan fingerprint density at radius 3 is 2.64 bits per heavy atom. The van der Waals surface area contributed by atoms with Crippen molar-refractivity contribution in [3.05, 3.63) is 65.7 Å². The second-order valence-electron chi connectivity index (χ2n) is 5.36. The summed E-state index contributed by atoms with van der Waals surface area (Å²) in [5.41, 5.74) is 2.31. The molecule has 0 aromatic heterocycles. The van der Waals surface area contributed by atoms with Crippen LogP contribution in [0.3, 0.4) is 0 Å². The lowest BCUT2D eigenvalue weighted by Gasteiger charge is -2.17. The van der Waals surface area contributed by atoms with Crippen molar-refractivity contribution in [2.75, 3.05) is 20.1 Å². The first-order chi connectivity index (χ1) is 10.8. The normalized spacial score (nSPS) is 13.9. The average molecular weight is 295 g/mol. The first-order valence-corrected chi connectivity index (χ1v) is 7.57. The van der Waals surface area contributed by atoms with E-state index in [0.717, 1.165) is 30.4 Å². The molecule has 0 atom stereocenters. The zero-order valence-electron chi connectivity index (χ0n) is 12.8. The summed E-state index contributed by atoms with van der Waals surface area (Å²) < 4.78 is 5.97. The van der Waals surface area contributed by atoms with Crippen molar-refractivity contribution >= 4 is 5.96 Å². The molecule has 114 valence electrons. The SMILES string of the molecule is CN1CCN=C1NCc1ccccc1OCc1ccccc1. The number of benzene rings is 2. The smallest absolute Gasteiger partial charge is 0.194 e. The van der Waals surface area contributed by atoms with Crippen molar-refractivity contribution in [2.45, 2.75) is 13.2 Å². The van der Waals surface area contributed by atoms with Gasteiger partial charge in [0.1, 0.15) is 12.4 Å². The Hall–Kier alpha value is -2.49. The van der Waals surface area contributed by atoms with Crippen LogP contribution in [0.15, 0.2) is 59.6 Å². The number of nitrogens with one attached hydrogen (secondary N) is 1. The Morgan fingerprint density at radius 1 is 1.09 bits per heavy atom. The van der Waals surface area contributed by atoms with Gasteiger partial charge in [-0.25, -0.2) is 0 Å². The summed E-state index contributed by atoms with van der Waals surface area (Å²) in [6, 6.07) is 18.4. The zero-order chi connectivity index (χ0) is 15.2. The molecule has 1 aliphatic rings. The lowest BCUT2D eigenvalue weighted by atomic mass is 10.2. The number of likely N-dealkylation sites (N-methyl/N-ethyl adjacent to an activating group) is 1. The zero-order valence-corrected chi connectivity index (χ0v) is 12.8. The first kappa shape index (κ1) is 14.4. The highest BCUT2D eigenvalue weighted by Gasteiger charge is 2.12. The van der Waals surface area contributed by atoms with Crippen molar-refractivity contribution in [3.63, 3.8) is 0 Å². The van der Waals surface area contributed by atoms with E-state index in [0.29, 0.717) is 13.2 Å². The molecule has 1 heterocycles. The van der Waals surface area contributed by atoms with Gasteiger partial charge < -0.3 is 15.0 Å². The van der Waals surface area contributed by atoms with Gasteiger partial charge in [-0.2, -0.15) is 0 Å². The molecule has 0 fully saturated rings. The van der Waals surface area contributed by atoms with E-state index in [2.05, 4.69) is 40.5 Å². The van der Waals surface area contributed by atoms with Crippen LogP contribution in [0.4, 0.5) is 0 Å². The summed E-state index contributed by atoms with van der Waals surface area (Å²) in [4.78, 5) is 6.58. The number of aliphatic imine (C=N–C) groups is 1. The molecule has 0 spiro atoms. The monoisotopic (exact) mass is 295 g/mol. The largest absolute Gasteiger partial charge is 0.489 e. The van der Waals surface area contributed by atoms with E-state index < -0.39 is 0 Å². The molecule has 0 saturated heterocycles. The van der Waals surface area contributed by atoms with Gasteiger partial charge in [0.15, 0.2) is 5.96 Å². The molecule has 2 aromatic rings. The van der Waals surface area contributed by atoms with Crippen molar-refractivity contribution in [1.82, 2.24) is 10.2 Å². The summed E-state index contributed by atoms with van der Waals surface area (Å²) in [6.45, 7) is 3.15. The fourth-order valence-electron chi connectivity index (χ4n) is 2.42. The highest BCUT2D eigenvalue weighted by Crippen LogP contribution is 2.19. The van der Waals surface area contributed by atoms with Crippen LogP contribution in [0.25, 0.3) is 0 Å². The maximum Gasteiger partial charge on any atom is 0.194 e. The number of hydrogen-bond acceptors (Lipinski definition) is 4. The lowest BCUT2D eigenvalue weighted by Crippen LogP contribution is -2.35. The van der Waals surface area contributed by atoms with Gasteiger partial charge in [-0.15, -0.1) is 0 Å². The molecule has 4 heteroatoms. The van der Waals surface area contributed by atoms with Gasteiger partial charge >= 0.3 is 0 Å². The minimum Gasteiger partial charge on any atom is -0.489 e. The highest BCUT2D eigenvalue weighted by molar-refractivity contribution is 5.81. The molecule has 1 N–H and O–H groups in total. The number of hydrogen-bond donors (Lipinski definition) is 1. The predicted molar refractivity (Wildman–Crippen MR) is 89.0 cm³/mol. The topological polar surface area (TPSA) is 36.9 Å². The molecule has 1 aliphatic heterocycles. The fourth-order valence-corrected chi connectivity index (χ4v) is 2.42. The summed E-state index contributed by atoms with van der Waals surface area (Å²) in [5.74, 6) is 1.87. The van der Waals surface area contributed by atoms with E-state index in [1.807, 2.05) is 36.4 Å². The molecule has 0 unspecified atom stereocenters. The summed E-state index contributed by atoms with van der Waals surface area (Å²) in [6.07, 6.45) is 0. The van der Waals surface area contributed by atoms with Crippen LogP contribution in [0, 0.1) is 0 Å². The number of nitrogens with zero attached hydrogens (tertiary/aromatic N) is 2. The van der Waals surface area contributed by atoms with Crippen molar-refractivity contribution in [1.29, 1.82) is 0 Å². The van der Waals surface area contributed by atoms with E-state index in [-0.39, 0.29) is 0 Å². The molecule has 2 aromatic carbocycles. The van der Waals surface area contributed by atoms with Crippen molar-refractivity contribution in [3.8, 4) is 5.75 Å². The molecule has 4 nitrogen and oxygen atoms in total. The van der Waals surface area contributed by atoms with Gasteiger partial charge in [-0.05, 0) is 11.6 Å². The quantitative estimate of drug-likeness (QED) is 0.921. The third kappa shape index (κ3) is 3.58. The average Bonchev–Trinajstić information content (AvgIpc) is 2.98. The van der Waals surface area contributed by atoms with Gasteiger partial charge in [0.25, 0.3) is 0 Å². The molecule has 0 aliphatic carbocycles. The van der Waals surface area contributed by atoms with Gasteiger partial charge in [0.2, 0.25) is 0 Å². The van der Waals surface area contributed by atoms with E-state index in [1.165, 1.54) is 5.56 Å². The van der Waals surface area contributed by atoms with E-state index in [9.17, 15) is 0 Å². The highest BCUT2D eigenvalue weighted by atomic mass is 16.5. The van der Waals surface area contributed by atoms with Gasteiger partial charge in [0.05, 0.1) is 6.54 Å². The predicted octanol–water partition coefficient (Wildman–Crippen LogP) is 2.66. The van der Waals surface area contributed by atoms with Crippen LogP contribution >= 0.6 is 0 Å². The van der Waals surface area contributed by atoms with E-state index in [1.54, 1.807) is 0 Å². The minimum absolute atomic E-state index is 0.582. The minimum atomic E-state index is 0.582. The van der Waals surface area contributed by atoms with Crippen LogP contribution in [0.2, 0.25) is 0 Å². The Balaban J connectivity index is 1.62. The lowest BCUT2D eigenvalue weighted by molar-refractivity contribution is 0.302. The fraction of sp³-hybridized carbons (Fsp3) is 0.278. The Kier molecular flexibility index (Phi) is 4.59. The van der Waals surface area contributed by atoms with Crippen LogP contribution < -0.4 is 10.1 Å². The second-order valence-corrected chi connectivity index (χ2v) is 5.36. The maximum atomic E-state index is 5.97. The van der Waals surface area contributed by atoms with Crippen molar-refractivity contribution in [2.24, 2.45) is 4.99 Å². The molecule has 3 rings (SSSR count). The number of guanidine groups is 1. The number of rotatable bonds is 5. The van der Waals surface area contributed by atoms with Gasteiger partial charge in [-0.3, -0.25) is 4.99 Å². The van der Waals surface area contributed by atoms with Gasteiger partial charge in [0, 0.05) is 25.7 Å². The molecule has 22 heavy (non-hydrogen) atoms. The molecular weight excluding hydrogens is 274 g/mol. The summed E-state index contributed by atoms with van der Waals surface area (Å²) in [5, 5.41) is 3.38. The van der Waals surface area contributed by atoms with E-state index in [4.69, 9.17) is 4.74 Å². The molecule has 0 radical (unpaired) electrons. The third-order valence-electron chi connectivity index (χ3n) is 3.71. The Morgan fingerprint density at radius 2 is 1.86 bits per heavy atom. The van der Waals surface area contributed by atoms with Crippen LogP contribution in [-0.2, 0) is 13.2 Å². The summed E-state index contributed by atoms with van der Waals surface area (Å²) in [7, 11) is 2.05. The number of para-hydroxylation sites is 1. The maximum absolute atomic E-state index is 5.97. The van der Waals surface area contributed by atoms with Crippen molar-refractivity contribution < 1.29 is 4.74 Å². The molecule has 0 saturated carbocycles. The van der Waals surface area contributed by atoms with Crippen LogP contribution in [0.1, 0.15) is 11.1 Å². The Bertz CT molecular complexity index is 640. The van der Waals surface area contributed by atoms with Crippen LogP contribution in [0.5, 0.6) is 5.75 Å². The van der Waals surface area contributed by atoms with E-state index >= 15 is 0 Å². The Labute approximate surface area is 131 Å². The number of ether oxygens (including phenoxy) is 1. The molecule has 0 bridgehead atoms. The second kappa shape index (κ2) is 6.98. The summed E-state index contributed by atoms with van der Waals surface area (Å²) >= 11 is 0. The first-order valence-electron chi connectivity index (χ1n) is 7.57. The van der Waals surface area contributed by atoms with Gasteiger partial charge in [-0.1, -0.05) is 48.5 Å². The van der Waals surface area contributed by atoms with Crippen LogP contribution in [-0.4, -0.2) is 31.0 Å². The third-order valence-corrected chi connectivity index (χ3v) is 3.71. The molecule has 0 amide bonds. The molecular formula is C18H21N3O. The standard InChI is InChI=1S/C18H21N3O/c1-21-12-11-19-18(21)20-13-16-9-5-6-10-17(16)22-14-15-7-3-2-4-8-15/h2-10H,11-14H2,1H3,(H,19,20).